The van der Waals surface area contributed by atoms with Gasteiger partial charge in [0.25, 0.3) is 0 Å². The minimum absolute atomic E-state index is 0.0284. The minimum atomic E-state index is -0.594. The molecule has 6 nitrogen and oxygen atoms in total. The van der Waals surface area contributed by atoms with E-state index in [1.54, 1.807) is 18.2 Å². The van der Waals surface area contributed by atoms with Crippen molar-refractivity contribution in [1.29, 1.82) is 0 Å². The van der Waals surface area contributed by atoms with Crippen molar-refractivity contribution in [2.75, 3.05) is 0 Å². The van der Waals surface area contributed by atoms with Crippen LogP contribution in [0.1, 0.15) is 31.2 Å². The van der Waals surface area contributed by atoms with Crippen molar-refractivity contribution in [2.45, 2.75) is 44.9 Å². The zero-order valence-electron chi connectivity index (χ0n) is 11.6. The van der Waals surface area contributed by atoms with Gasteiger partial charge in [-0.05, 0) is 43.4 Å². The first kappa shape index (κ1) is 13.9. The number of aliphatic hydroxyl groups is 1. The predicted molar refractivity (Wildman–Crippen MR) is 74.7 cm³/mol. The third kappa shape index (κ3) is 2.85. The fourth-order valence-corrected chi connectivity index (χ4v) is 2.71. The van der Waals surface area contributed by atoms with E-state index < -0.39 is 11.7 Å². The number of nitrogens with zero attached hydrogens (tertiary/aromatic N) is 1. The van der Waals surface area contributed by atoms with Gasteiger partial charge in [-0.2, -0.15) is 0 Å². The quantitative estimate of drug-likeness (QED) is 0.865. The third-order valence-corrected chi connectivity index (χ3v) is 3.80. The average Bonchev–Trinajstić information content (AvgIpc) is 3.07. The molecule has 21 heavy (non-hydrogen) atoms. The summed E-state index contributed by atoms with van der Waals surface area (Å²) < 4.78 is 11.7. The molecule has 1 heterocycles. The van der Waals surface area contributed by atoms with E-state index >= 15 is 0 Å². The molecule has 0 spiro atoms. The lowest BCUT2D eigenvalue weighted by Crippen LogP contribution is -2.24. The molecule has 1 aromatic heterocycles. The molecule has 0 bridgehead atoms. The Morgan fingerprint density at radius 3 is 2.86 bits per heavy atom. The van der Waals surface area contributed by atoms with Crippen LogP contribution in [-0.2, 0) is 22.7 Å². The molecule has 2 aromatic rings. The number of aliphatic hydroxyl groups excluding tert-OH is 1. The van der Waals surface area contributed by atoms with E-state index in [0.717, 1.165) is 25.7 Å². The molecule has 6 heteroatoms. The monoisotopic (exact) mass is 291 g/mol. The van der Waals surface area contributed by atoms with Crippen LogP contribution in [-0.4, -0.2) is 21.7 Å². The Hall–Kier alpha value is -2.08. The maximum Gasteiger partial charge on any atom is 0.420 e. The number of fused-ring (bicyclic) bond motifs is 1. The molecule has 0 amide bonds. The average molecular weight is 291 g/mol. The Kier molecular flexibility index (Phi) is 3.79. The first-order valence-electron chi connectivity index (χ1n) is 7.10. The molecular formula is C15H17NO5. The van der Waals surface area contributed by atoms with E-state index in [4.69, 9.17) is 14.3 Å². The predicted octanol–water partition coefficient (Wildman–Crippen LogP) is 1.57. The Morgan fingerprint density at radius 2 is 2.14 bits per heavy atom. The number of carbonyl (C=O) groups is 1. The van der Waals surface area contributed by atoms with Crippen molar-refractivity contribution >= 4 is 17.1 Å². The second-order valence-electron chi connectivity index (χ2n) is 5.31. The lowest BCUT2D eigenvalue weighted by molar-refractivity contribution is -0.149. The maximum atomic E-state index is 11.9. The minimum Gasteiger partial charge on any atom is -0.461 e. The van der Waals surface area contributed by atoms with Crippen LogP contribution in [0.2, 0.25) is 0 Å². The molecule has 3 rings (SSSR count). The van der Waals surface area contributed by atoms with Gasteiger partial charge in [0.1, 0.15) is 12.6 Å². The summed E-state index contributed by atoms with van der Waals surface area (Å²) >= 11 is 0. The number of esters is 1. The Labute approximate surface area is 120 Å². The normalized spacial score (nSPS) is 15.7. The van der Waals surface area contributed by atoms with Crippen LogP contribution in [0.4, 0.5) is 0 Å². The van der Waals surface area contributed by atoms with Crippen molar-refractivity contribution in [2.24, 2.45) is 0 Å². The number of ether oxygens (including phenoxy) is 1. The second-order valence-corrected chi connectivity index (χ2v) is 5.31. The Morgan fingerprint density at radius 1 is 1.38 bits per heavy atom. The van der Waals surface area contributed by atoms with E-state index in [-0.39, 0.29) is 19.3 Å². The van der Waals surface area contributed by atoms with Crippen molar-refractivity contribution < 1.29 is 19.1 Å². The van der Waals surface area contributed by atoms with Gasteiger partial charge in [-0.25, -0.2) is 4.79 Å². The highest BCUT2D eigenvalue weighted by Gasteiger charge is 2.21. The number of rotatable bonds is 4. The van der Waals surface area contributed by atoms with Crippen LogP contribution in [0.15, 0.2) is 27.4 Å². The van der Waals surface area contributed by atoms with Gasteiger partial charge in [-0.1, -0.05) is 6.07 Å². The number of hydrogen-bond acceptors (Lipinski definition) is 5. The first-order valence-corrected chi connectivity index (χ1v) is 7.10. The lowest BCUT2D eigenvalue weighted by atomic mass is 10.2. The second kappa shape index (κ2) is 5.73. The Bertz CT molecular complexity index is 708. The lowest BCUT2D eigenvalue weighted by Gasteiger charge is -2.11. The van der Waals surface area contributed by atoms with Gasteiger partial charge in [0.2, 0.25) is 0 Å². The molecule has 1 aromatic carbocycles. The van der Waals surface area contributed by atoms with Crippen LogP contribution < -0.4 is 5.76 Å². The summed E-state index contributed by atoms with van der Waals surface area (Å²) in [7, 11) is 0. The summed E-state index contributed by atoms with van der Waals surface area (Å²) in [5.41, 5.74) is 1.54. The summed E-state index contributed by atoms with van der Waals surface area (Å²) in [6, 6.07) is 4.93. The molecule has 112 valence electrons. The standard InChI is InChI=1S/C15H17NO5/c17-9-10-5-6-13-12(7-10)16(15(19)21-13)8-14(18)20-11-3-1-2-4-11/h5-7,11,17H,1-4,8-9H2. The topological polar surface area (TPSA) is 81.7 Å². The number of benzene rings is 1. The molecule has 0 unspecified atom stereocenters. The smallest absolute Gasteiger partial charge is 0.420 e. The van der Waals surface area contributed by atoms with Crippen LogP contribution in [0.25, 0.3) is 11.1 Å². The van der Waals surface area contributed by atoms with E-state index in [1.165, 1.54) is 4.57 Å². The maximum absolute atomic E-state index is 11.9. The van der Waals surface area contributed by atoms with E-state index in [9.17, 15) is 9.59 Å². The highest BCUT2D eigenvalue weighted by Crippen LogP contribution is 2.21. The fourth-order valence-electron chi connectivity index (χ4n) is 2.71. The van der Waals surface area contributed by atoms with Crippen molar-refractivity contribution in [3.05, 3.63) is 34.3 Å². The van der Waals surface area contributed by atoms with Gasteiger partial charge < -0.3 is 14.3 Å². The van der Waals surface area contributed by atoms with Crippen LogP contribution >= 0.6 is 0 Å². The molecule has 0 saturated heterocycles. The zero-order valence-corrected chi connectivity index (χ0v) is 11.6. The zero-order chi connectivity index (χ0) is 14.8. The summed E-state index contributed by atoms with van der Waals surface area (Å²) in [4.78, 5) is 23.8. The first-order chi connectivity index (χ1) is 10.2. The van der Waals surface area contributed by atoms with Crippen LogP contribution in [0, 0.1) is 0 Å². The number of carbonyl (C=O) groups excluding carboxylic acids is 1. The SMILES string of the molecule is O=C(Cn1c(=O)oc2ccc(CO)cc21)OC1CCCC1. The molecule has 1 saturated carbocycles. The highest BCUT2D eigenvalue weighted by molar-refractivity contribution is 5.77. The number of aromatic nitrogens is 1. The third-order valence-electron chi connectivity index (χ3n) is 3.80. The number of hydrogen-bond donors (Lipinski definition) is 1. The summed E-state index contributed by atoms with van der Waals surface area (Å²) in [5, 5.41) is 9.16. The van der Waals surface area contributed by atoms with E-state index in [0.29, 0.717) is 16.7 Å². The molecule has 1 N–H and O–H groups in total. The van der Waals surface area contributed by atoms with Gasteiger partial charge in [-0.3, -0.25) is 9.36 Å². The van der Waals surface area contributed by atoms with Crippen molar-refractivity contribution in [3.63, 3.8) is 0 Å². The van der Waals surface area contributed by atoms with Crippen molar-refractivity contribution in [1.82, 2.24) is 4.57 Å². The van der Waals surface area contributed by atoms with Gasteiger partial charge in [0, 0.05) is 0 Å². The molecule has 0 aliphatic heterocycles. The van der Waals surface area contributed by atoms with Gasteiger partial charge >= 0.3 is 11.7 Å². The molecular weight excluding hydrogens is 274 g/mol. The van der Waals surface area contributed by atoms with Crippen LogP contribution in [0.3, 0.4) is 0 Å². The Balaban J connectivity index is 1.83. The van der Waals surface area contributed by atoms with E-state index in [2.05, 4.69) is 0 Å². The van der Waals surface area contributed by atoms with E-state index in [1.807, 2.05) is 0 Å². The molecule has 0 radical (unpaired) electrons. The molecule has 1 aliphatic rings. The summed E-state index contributed by atoms with van der Waals surface area (Å²) in [6.45, 7) is -0.307. The van der Waals surface area contributed by atoms with Crippen LogP contribution in [0.5, 0.6) is 0 Å². The molecule has 1 fully saturated rings. The molecule has 1 aliphatic carbocycles. The fraction of sp³-hybridized carbons (Fsp3) is 0.467. The highest BCUT2D eigenvalue weighted by atomic mass is 16.5. The summed E-state index contributed by atoms with van der Waals surface area (Å²) in [5.74, 6) is -1.02. The molecule has 0 atom stereocenters. The van der Waals surface area contributed by atoms with Gasteiger partial charge in [0.15, 0.2) is 5.58 Å². The largest absolute Gasteiger partial charge is 0.461 e. The van der Waals surface area contributed by atoms with Crippen molar-refractivity contribution in [3.8, 4) is 0 Å². The summed E-state index contributed by atoms with van der Waals surface area (Å²) in [6.07, 6.45) is 3.90. The van der Waals surface area contributed by atoms with Gasteiger partial charge in [0.05, 0.1) is 12.1 Å². The van der Waals surface area contributed by atoms with Gasteiger partial charge in [-0.15, -0.1) is 0 Å². The number of oxazole rings is 1.